The van der Waals surface area contributed by atoms with E-state index in [-0.39, 0.29) is 0 Å². The van der Waals surface area contributed by atoms with Crippen LogP contribution in [0.15, 0.2) is 12.7 Å². The summed E-state index contributed by atoms with van der Waals surface area (Å²) in [5, 5.41) is 0. The molecule has 1 saturated heterocycles. The smallest absolute Gasteiger partial charge is 0.165 e. The first-order valence-corrected chi connectivity index (χ1v) is 8.55. The van der Waals surface area contributed by atoms with Crippen molar-refractivity contribution in [2.24, 2.45) is 0 Å². The molecule has 8 nitrogen and oxygen atoms in total. The number of hydrogen-bond acceptors (Lipinski definition) is 7. The Morgan fingerprint density at radius 2 is 2.08 bits per heavy atom. The number of methoxy groups -OCH3 is 1. The second kappa shape index (κ2) is 7.87. The standard InChI is InChI=1S/C16H27N7O/c1-13-10-21(6-7-22(13)8-9-24-2)4-3-5-23-12-20-14-15(17)18-11-19-16(14)23/h11-13H,3-10H2,1-2H3,(H2,17,18,19)/t13-/m1/s1. The summed E-state index contributed by atoms with van der Waals surface area (Å²) in [5.41, 5.74) is 7.34. The van der Waals surface area contributed by atoms with Gasteiger partial charge in [0.15, 0.2) is 11.5 Å². The Hall–Kier alpha value is -1.77. The molecule has 3 heterocycles. The number of piperazine rings is 1. The average Bonchev–Trinajstić information content (AvgIpc) is 2.99. The van der Waals surface area contributed by atoms with Crippen LogP contribution in [0.1, 0.15) is 13.3 Å². The topological polar surface area (TPSA) is 85.3 Å². The molecule has 2 N–H and O–H groups in total. The van der Waals surface area contributed by atoms with Crippen molar-refractivity contribution in [3.05, 3.63) is 12.7 Å². The van der Waals surface area contributed by atoms with Gasteiger partial charge in [0, 0.05) is 45.9 Å². The van der Waals surface area contributed by atoms with E-state index < -0.39 is 0 Å². The van der Waals surface area contributed by atoms with Crippen LogP contribution in [0.25, 0.3) is 11.2 Å². The zero-order valence-corrected chi connectivity index (χ0v) is 14.6. The molecule has 0 amide bonds. The molecule has 24 heavy (non-hydrogen) atoms. The summed E-state index contributed by atoms with van der Waals surface area (Å²) in [6.45, 7) is 9.45. The molecule has 1 atom stereocenters. The lowest BCUT2D eigenvalue weighted by Crippen LogP contribution is -2.52. The second-order valence-corrected chi connectivity index (χ2v) is 6.40. The number of nitrogens with zero attached hydrogens (tertiary/aromatic N) is 6. The normalized spacial score (nSPS) is 20.0. The van der Waals surface area contributed by atoms with Crippen molar-refractivity contribution in [3.63, 3.8) is 0 Å². The van der Waals surface area contributed by atoms with Gasteiger partial charge in [-0.2, -0.15) is 0 Å². The lowest BCUT2D eigenvalue weighted by Gasteiger charge is -2.39. The summed E-state index contributed by atoms with van der Waals surface area (Å²) in [4.78, 5) is 17.6. The van der Waals surface area contributed by atoms with Gasteiger partial charge in [-0.25, -0.2) is 15.0 Å². The molecule has 3 rings (SSSR count). The molecule has 2 aromatic rings. The lowest BCUT2D eigenvalue weighted by atomic mass is 10.2. The fourth-order valence-corrected chi connectivity index (χ4v) is 3.34. The van der Waals surface area contributed by atoms with Crippen LogP contribution in [0.2, 0.25) is 0 Å². The van der Waals surface area contributed by atoms with Gasteiger partial charge in [-0.3, -0.25) is 4.90 Å². The molecule has 0 saturated carbocycles. The maximum Gasteiger partial charge on any atom is 0.165 e. The zero-order valence-electron chi connectivity index (χ0n) is 14.6. The first kappa shape index (κ1) is 17.1. The number of hydrogen-bond donors (Lipinski definition) is 1. The predicted molar refractivity (Wildman–Crippen MR) is 93.7 cm³/mol. The fourth-order valence-electron chi connectivity index (χ4n) is 3.34. The molecule has 0 unspecified atom stereocenters. The van der Waals surface area contributed by atoms with E-state index in [0.29, 0.717) is 17.4 Å². The predicted octanol–water partition coefficient (Wildman–Crippen LogP) is 0.451. The number of nitrogens with two attached hydrogens (primary N) is 1. The van der Waals surface area contributed by atoms with Crippen molar-refractivity contribution in [2.75, 3.05) is 52.2 Å². The highest BCUT2D eigenvalue weighted by molar-refractivity contribution is 5.80. The average molecular weight is 333 g/mol. The Morgan fingerprint density at radius 1 is 1.21 bits per heavy atom. The molecular formula is C16H27N7O. The van der Waals surface area contributed by atoms with Crippen LogP contribution in [0.5, 0.6) is 0 Å². The number of anilines is 1. The van der Waals surface area contributed by atoms with Crippen molar-refractivity contribution in [1.29, 1.82) is 0 Å². The molecule has 0 aromatic carbocycles. The molecule has 1 fully saturated rings. The summed E-state index contributed by atoms with van der Waals surface area (Å²) < 4.78 is 7.25. The van der Waals surface area contributed by atoms with Crippen LogP contribution in [0.3, 0.4) is 0 Å². The van der Waals surface area contributed by atoms with Crippen LogP contribution in [-0.4, -0.2) is 81.8 Å². The minimum atomic E-state index is 0.444. The monoisotopic (exact) mass is 333 g/mol. The Labute approximate surface area is 142 Å². The fraction of sp³-hybridized carbons (Fsp3) is 0.688. The Balaban J connectivity index is 1.47. The van der Waals surface area contributed by atoms with Gasteiger partial charge in [0.2, 0.25) is 0 Å². The summed E-state index contributed by atoms with van der Waals surface area (Å²) >= 11 is 0. The number of nitrogen functional groups attached to an aromatic ring is 1. The van der Waals surface area contributed by atoms with Crippen molar-refractivity contribution >= 4 is 17.0 Å². The number of imidazole rings is 1. The molecule has 2 aromatic heterocycles. The van der Waals surface area contributed by atoms with E-state index >= 15 is 0 Å². The number of rotatable bonds is 7. The van der Waals surface area contributed by atoms with Crippen molar-refractivity contribution in [1.82, 2.24) is 29.3 Å². The largest absolute Gasteiger partial charge is 0.383 e. The molecule has 0 bridgehead atoms. The number of aromatic nitrogens is 4. The molecule has 0 radical (unpaired) electrons. The van der Waals surface area contributed by atoms with Gasteiger partial charge in [-0.05, 0) is 19.9 Å². The van der Waals surface area contributed by atoms with Crippen molar-refractivity contribution < 1.29 is 4.74 Å². The maximum absolute atomic E-state index is 5.83. The van der Waals surface area contributed by atoms with Gasteiger partial charge in [0.1, 0.15) is 11.8 Å². The van der Waals surface area contributed by atoms with E-state index in [4.69, 9.17) is 10.5 Å². The van der Waals surface area contributed by atoms with Crippen LogP contribution in [0.4, 0.5) is 5.82 Å². The highest BCUT2D eigenvalue weighted by Gasteiger charge is 2.22. The van der Waals surface area contributed by atoms with E-state index in [1.807, 2.05) is 0 Å². The van der Waals surface area contributed by atoms with Crippen LogP contribution in [-0.2, 0) is 11.3 Å². The Morgan fingerprint density at radius 3 is 2.88 bits per heavy atom. The van der Waals surface area contributed by atoms with Crippen molar-refractivity contribution in [3.8, 4) is 0 Å². The maximum atomic E-state index is 5.83. The quantitative estimate of drug-likeness (QED) is 0.787. The van der Waals surface area contributed by atoms with Gasteiger partial charge in [-0.15, -0.1) is 0 Å². The van der Waals surface area contributed by atoms with E-state index in [0.717, 1.165) is 57.9 Å². The van der Waals surface area contributed by atoms with Gasteiger partial charge in [0.05, 0.1) is 12.9 Å². The summed E-state index contributed by atoms with van der Waals surface area (Å²) in [6.07, 6.45) is 4.37. The molecule has 1 aliphatic heterocycles. The van der Waals surface area contributed by atoms with E-state index in [1.165, 1.54) is 6.33 Å². The number of ether oxygens (including phenoxy) is 1. The van der Waals surface area contributed by atoms with Gasteiger partial charge < -0.3 is 19.9 Å². The molecule has 132 valence electrons. The van der Waals surface area contributed by atoms with E-state index in [9.17, 15) is 0 Å². The minimum absolute atomic E-state index is 0.444. The Bertz CT molecular complexity index is 659. The first-order chi connectivity index (χ1) is 11.7. The van der Waals surface area contributed by atoms with Gasteiger partial charge in [0.25, 0.3) is 0 Å². The second-order valence-electron chi connectivity index (χ2n) is 6.40. The first-order valence-electron chi connectivity index (χ1n) is 8.55. The molecular weight excluding hydrogens is 306 g/mol. The van der Waals surface area contributed by atoms with Crippen LogP contribution in [0, 0.1) is 0 Å². The number of aryl methyl sites for hydroxylation is 1. The number of fused-ring (bicyclic) bond motifs is 1. The Kier molecular flexibility index (Phi) is 5.60. The highest BCUT2D eigenvalue weighted by Crippen LogP contribution is 2.15. The zero-order chi connectivity index (χ0) is 16.9. The molecule has 0 aliphatic carbocycles. The molecule has 1 aliphatic rings. The van der Waals surface area contributed by atoms with E-state index in [2.05, 4.69) is 36.2 Å². The van der Waals surface area contributed by atoms with Crippen LogP contribution >= 0.6 is 0 Å². The third-order valence-corrected chi connectivity index (χ3v) is 4.73. The SMILES string of the molecule is COCCN1CCN(CCCn2cnc3c(N)ncnc32)C[C@H]1C. The van der Waals surface area contributed by atoms with Gasteiger partial charge in [-0.1, -0.05) is 0 Å². The summed E-state index contributed by atoms with van der Waals surface area (Å²) in [7, 11) is 1.76. The van der Waals surface area contributed by atoms with Gasteiger partial charge >= 0.3 is 0 Å². The molecule has 8 heteroatoms. The molecule has 0 spiro atoms. The summed E-state index contributed by atoms with van der Waals surface area (Å²) in [5.74, 6) is 0.444. The van der Waals surface area contributed by atoms with Crippen LogP contribution < -0.4 is 5.73 Å². The lowest BCUT2D eigenvalue weighted by molar-refractivity contribution is 0.0581. The van der Waals surface area contributed by atoms with Crippen molar-refractivity contribution in [2.45, 2.75) is 25.9 Å². The third-order valence-electron chi connectivity index (χ3n) is 4.73. The highest BCUT2D eigenvalue weighted by atomic mass is 16.5. The minimum Gasteiger partial charge on any atom is -0.383 e. The third kappa shape index (κ3) is 3.82. The summed E-state index contributed by atoms with van der Waals surface area (Å²) in [6, 6.07) is 0.579. The van der Waals surface area contributed by atoms with E-state index in [1.54, 1.807) is 13.4 Å².